The van der Waals surface area contributed by atoms with Crippen molar-refractivity contribution in [2.75, 3.05) is 26.2 Å². The average Bonchev–Trinajstić information content (AvgIpc) is 2.68. The van der Waals surface area contributed by atoms with Crippen molar-refractivity contribution in [1.82, 2.24) is 9.80 Å². The van der Waals surface area contributed by atoms with Crippen LogP contribution in [0.3, 0.4) is 0 Å². The van der Waals surface area contributed by atoms with Gasteiger partial charge in [0, 0.05) is 43.7 Å². The van der Waals surface area contributed by atoms with Crippen LogP contribution in [0.15, 0.2) is 48.5 Å². The van der Waals surface area contributed by atoms with Crippen LogP contribution >= 0.6 is 0 Å². The van der Waals surface area contributed by atoms with E-state index in [1.54, 1.807) is 54.3 Å². The third-order valence-electron chi connectivity index (χ3n) is 4.66. The SMILES string of the molecule is CCC(=O)CN(CCN(CC(=O)O)Cc1ccccc1O)Cc1ccccc1O. The molecule has 2 rings (SSSR count). The molecule has 0 unspecified atom stereocenters. The fraction of sp³-hybridized carbons (Fsp3) is 0.364. The topological polar surface area (TPSA) is 101 Å². The first-order valence-electron chi connectivity index (χ1n) is 9.61. The van der Waals surface area contributed by atoms with Gasteiger partial charge in [-0.05, 0) is 12.1 Å². The largest absolute Gasteiger partial charge is 0.508 e. The van der Waals surface area contributed by atoms with Crippen molar-refractivity contribution in [1.29, 1.82) is 0 Å². The highest BCUT2D eigenvalue weighted by Gasteiger charge is 2.17. The molecule has 0 atom stereocenters. The first kappa shape index (κ1) is 22.4. The molecule has 0 heterocycles. The normalized spacial score (nSPS) is 11.1. The number of hydrogen-bond donors (Lipinski definition) is 3. The van der Waals surface area contributed by atoms with E-state index in [2.05, 4.69) is 0 Å². The number of phenols is 2. The van der Waals surface area contributed by atoms with Gasteiger partial charge in [-0.3, -0.25) is 19.4 Å². The van der Waals surface area contributed by atoms with E-state index in [4.69, 9.17) is 0 Å². The first-order chi connectivity index (χ1) is 13.9. The smallest absolute Gasteiger partial charge is 0.317 e. The molecule has 7 nitrogen and oxygen atoms in total. The third kappa shape index (κ3) is 7.56. The fourth-order valence-electron chi connectivity index (χ4n) is 3.03. The number of carboxylic acid groups (broad SMARTS) is 1. The van der Waals surface area contributed by atoms with Crippen LogP contribution in [-0.2, 0) is 22.7 Å². The number of carbonyl (C=O) groups is 2. The van der Waals surface area contributed by atoms with E-state index >= 15 is 0 Å². The summed E-state index contributed by atoms with van der Waals surface area (Å²) in [6.07, 6.45) is 0.411. The lowest BCUT2D eigenvalue weighted by Gasteiger charge is -2.27. The number of para-hydroxylation sites is 2. The van der Waals surface area contributed by atoms with Gasteiger partial charge in [0.1, 0.15) is 17.3 Å². The lowest BCUT2D eigenvalue weighted by atomic mass is 10.1. The van der Waals surface area contributed by atoms with Crippen LogP contribution in [0.25, 0.3) is 0 Å². The Balaban J connectivity index is 2.09. The predicted molar refractivity (Wildman–Crippen MR) is 110 cm³/mol. The van der Waals surface area contributed by atoms with Crippen LogP contribution in [0.2, 0.25) is 0 Å². The summed E-state index contributed by atoms with van der Waals surface area (Å²) in [5, 5.41) is 29.3. The Morgan fingerprint density at radius 2 is 1.24 bits per heavy atom. The molecule has 3 N–H and O–H groups in total. The van der Waals surface area contributed by atoms with E-state index in [-0.39, 0.29) is 36.9 Å². The Labute approximate surface area is 170 Å². The molecule has 0 aliphatic heterocycles. The number of aromatic hydroxyl groups is 2. The molecule has 0 aliphatic rings. The number of phenolic OH excluding ortho intramolecular Hbond substituents is 2. The molecule has 0 fully saturated rings. The molecule has 7 heteroatoms. The van der Waals surface area contributed by atoms with Crippen LogP contribution in [0.1, 0.15) is 24.5 Å². The van der Waals surface area contributed by atoms with E-state index in [1.807, 2.05) is 11.0 Å². The highest BCUT2D eigenvalue weighted by Crippen LogP contribution is 2.19. The quantitative estimate of drug-likeness (QED) is 0.503. The summed E-state index contributed by atoms with van der Waals surface area (Å²) >= 11 is 0. The van der Waals surface area contributed by atoms with Crippen molar-refractivity contribution in [3.8, 4) is 11.5 Å². The minimum Gasteiger partial charge on any atom is -0.508 e. The van der Waals surface area contributed by atoms with E-state index in [1.165, 1.54) is 0 Å². The monoisotopic (exact) mass is 400 g/mol. The Kier molecular flexibility index (Phi) is 8.64. The Morgan fingerprint density at radius 1 is 0.793 bits per heavy atom. The molecule has 0 amide bonds. The van der Waals surface area contributed by atoms with Crippen molar-refractivity contribution in [3.63, 3.8) is 0 Å². The number of Topliss-reactive ketones (excluding diaryl/α,β-unsaturated/α-hetero) is 1. The number of benzene rings is 2. The maximum Gasteiger partial charge on any atom is 0.317 e. The molecule has 2 aromatic rings. The van der Waals surface area contributed by atoms with Gasteiger partial charge < -0.3 is 15.3 Å². The molecular weight excluding hydrogens is 372 g/mol. The van der Waals surface area contributed by atoms with Crippen LogP contribution in [-0.4, -0.2) is 63.1 Å². The average molecular weight is 400 g/mol. The second kappa shape index (κ2) is 11.2. The van der Waals surface area contributed by atoms with Gasteiger partial charge in [0.05, 0.1) is 13.1 Å². The summed E-state index contributed by atoms with van der Waals surface area (Å²) in [4.78, 5) is 26.9. The summed E-state index contributed by atoms with van der Waals surface area (Å²) in [6.45, 7) is 3.35. The lowest BCUT2D eigenvalue weighted by molar-refractivity contribution is -0.138. The summed E-state index contributed by atoms with van der Waals surface area (Å²) < 4.78 is 0. The predicted octanol–water partition coefficient (Wildman–Crippen LogP) is 2.47. The van der Waals surface area contributed by atoms with E-state index in [9.17, 15) is 24.9 Å². The van der Waals surface area contributed by atoms with Crippen molar-refractivity contribution >= 4 is 11.8 Å². The van der Waals surface area contributed by atoms with Gasteiger partial charge in [0.25, 0.3) is 0 Å². The molecular formula is C22H28N2O5. The van der Waals surface area contributed by atoms with Crippen LogP contribution in [0.4, 0.5) is 0 Å². The molecule has 0 saturated heterocycles. The van der Waals surface area contributed by atoms with Gasteiger partial charge >= 0.3 is 5.97 Å². The molecule has 0 spiro atoms. The zero-order valence-corrected chi connectivity index (χ0v) is 16.6. The number of carboxylic acids is 1. The first-order valence-corrected chi connectivity index (χ1v) is 9.61. The zero-order valence-electron chi connectivity index (χ0n) is 16.6. The van der Waals surface area contributed by atoms with E-state index < -0.39 is 5.97 Å². The van der Waals surface area contributed by atoms with Gasteiger partial charge in [-0.2, -0.15) is 0 Å². The number of hydrogen-bond acceptors (Lipinski definition) is 6. The van der Waals surface area contributed by atoms with Gasteiger partial charge in [0.15, 0.2) is 0 Å². The molecule has 0 aromatic heterocycles. The highest BCUT2D eigenvalue weighted by molar-refractivity contribution is 5.80. The zero-order chi connectivity index (χ0) is 21.2. The Morgan fingerprint density at radius 3 is 1.66 bits per heavy atom. The second-order valence-corrected chi connectivity index (χ2v) is 6.96. The number of nitrogens with zero attached hydrogens (tertiary/aromatic N) is 2. The van der Waals surface area contributed by atoms with Crippen molar-refractivity contribution < 1.29 is 24.9 Å². The Bertz CT molecular complexity index is 824. The van der Waals surface area contributed by atoms with Gasteiger partial charge in [-0.25, -0.2) is 0 Å². The maximum absolute atomic E-state index is 12.0. The van der Waals surface area contributed by atoms with Crippen LogP contribution in [0.5, 0.6) is 11.5 Å². The number of rotatable bonds is 12. The minimum atomic E-state index is -0.961. The number of carbonyl (C=O) groups excluding carboxylic acids is 1. The summed E-state index contributed by atoms with van der Waals surface area (Å²) in [5.74, 6) is -0.601. The fourth-order valence-corrected chi connectivity index (χ4v) is 3.03. The molecule has 29 heavy (non-hydrogen) atoms. The lowest BCUT2D eigenvalue weighted by Crippen LogP contribution is -2.39. The Hall–Kier alpha value is -2.90. The van der Waals surface area contributed by atoms with Gasteiger partial charge in [0.2, 0.25) is 0 Å². The van der Waals surface area contributed by atoms with Crippen LogP contribution in [0, 0.1) is 0 Å². The summed E-state index contributed by atoms with van der Waals surface area (Å²) in [5.41, 5.74) is 1.35. The van der Waals surface area contributed by atoms with Crippen molar-refractivity contribution in [2.45, 2.75) is 26.4 Å². The molecule has 0 saturated carbocycles. The van der Waals surface area contributed by atoms with Crippen molar-refractivity contribution in [2.24, 2.45) is 0 Å². The molecule has 0 bridgehead atoms. The maximum atomic E-state index is 12.0. The van der Waals surface area contributed by atoms with E-state index in [0.29, 0.717) is 37.2 Å². The highest BCUT2D eigenvalue weighted by atomic mass is 16.4. The van der Waals surface area contributed by atoms with Gasteiger partial charge in [-0.1, -0.05) is 43.3 Å². The summed E-state index contributed by atoms with van der Waals surface area (Å²) in [6, 6.07) is 13.8. The van der Waals surface area contributed by atoms with E-state index in [0.717, 1.165) is 0 Å². The minimum absolute atomic E-state index is 0.0749. The molecule has 0 radical (unpaired) electrons. The molecule has 156 valence electrons. The molecule has 0 aliphatic carbocycles. The second-order valence-electron chi connectivity index (χ2n) is 6.96. The number of aliphatic carboxylic acids is 1. The summed E-state index contributed by atoms with van der Waals surface area (Å²) in [7, 11) is 0. The van der Waals surface area contributed by atoms with Crippen LogP contribution < -0.4 is 0 Å². The number of ketones is 1. The molecule has 2 aromatic carbocycles. The van der Waals surface area contributed by atoms with Gasteiger partial charge in [-0.15, -0.1) is 0 Å². The van der Waals surface area contributed by atoms with Crippen molar-refractivity contribution in [3.05, 3.63) is 59.7 Å². The standard InChI is InChI=1S/C22H28N2O5/c1-2-19(25)15-23(13-17-7-3-5-9-20(17)26)11-12-24(16-22(28)29)14-18-8-4-6-10-21(18)27/h3-10,26-27H,2,11-16H2,1H3,(H,28,29). The third-order valence-corrected chi connectivity index (χ3v) is 4.66.